The first kappa shape index (κ1) is 14.1. The Morgan fingerprint density at radius 2 is 1.86 bits per heavy atom. The van der Waals surface area contributed by atoms with E-state index in [0.717, 1.165) is 11.6 Å². The van der Waals surface area contributed by atoms with Crippen molar-refractivity contribution in [3.05, 3.63) is 70.4 Å². The summed E-state index contributed by atoms with van der Waals surface area (Å²) in [6.45, 7) is 0.968. The normalized spacial score (nSPS) is 21.0. The van der Waals surface area contributed by atoms with Crippen molar-refractivity contribution in [1.82, 2.24) is 4.98 Å². The number of halogens is 2. The maximum atomic E-state index is 6.46. The quantitative estimate of drug-likeness (QED) is 0.669. The molecule has 0 bridgehead atoms. The molecule has 2 atom stereocenters. The lowest BCUT2D eigenvalue weighted by Crippen LogP contribution is -2.88. The number of nitrogens with two attached hydrogens (primary N) is 1. The SMILES string of the molecule is ClC[C@H]1[NH2+]C[C@@H](c2ccccc2Cl)c2c1[nH]c1ccccc21. The van der Waals surface area contributed by atoms with Gasteiger partial charge < -0.3 is 10.3 Å². The molecule has 0 radical (unpaired) electrons. The Balaban J connectivity index is 1.96. The second kappa shape index (κ2) is 5.62. The zero-order valence-electron chi connectivity index (χ0n) is 12.0. The van der Waals surface area contributed by atoms with Crippen LogP contribution in [0.1, 0.15) is 28.8 Å². The number of hydrogen-bond donors (Lipinski definition) is 2. The standard InChI is InChI=1S/C18H16Cl2N2/c19-9-16-18-17(12-6-2-4-8-15(12)22-18)13(10-21-16)11-5-1-3-7-14(11)20/h1-8,13,16,21-22H,9-10H2/p+1/t13-,16+/m0/s1. The Kier molecular flexibility index (Phi) is 3.61. The molecule has 4 rings (SSSR count). The molecule has 2 aromatic carbocycles. The molecule has 0 aliphatic carbocycles. The van der Waals surface area contributed by atoms with E-state index >= 15 is 0 Å². The summed E-state index contributed by atoms with van der Waals surface area (Å²) in [5.41, 5.74) is 4.97. The predicted octanol–water partition coefficient (Wildman–Crippen LogP) is 3.81. The van der Waals surface area contributed by atoms with Crippen LogP contribution in [0.3, 0.4) is 0 Å². The van der Waals surface area contributed by atoms with Gasteiger partial charge in [0.25, 0.3) is 0 Å². The molecular weight excluding hydrogens is 315 g/mol. The number of hydrogen-bond acceptors (Lipinski definition) is 0. The van der Waals surface area contributed by atoms with Gasteiger partial charge in [-0.3, -0.25) is 0 Å². The van der Waals surface area contributed by atoms with Crippen LogP contribution in [0.25, 0.3) is 10.9 Å². The van der Waals surface area contributed by atoms with E-state index in [-0.39, 0.29) is 6.04 Å². The molecule has 3 aromatic rings. The maximum Gasteiger partial charge on any atom is 0.140 e. The largest absolute Gasteiger partial charge is 0.353 e. The van der Waals surface area contributed by atoms with E-state index in [0.29, 0.717) is 11.8 Å². The summed E-state index contributed by atoms with van der Waals surface area (Å²) < 4.78 is 0. The molecule has 1 aliphatic rings. The average Bonchev–Trinajstić information content (AvgIpc) is 2.94. The highest BCUT2D eigenvalue weighted by Gasteiger charge is 2.34. The topological polar surface area (TPSA) is 32.4 Å². The zero-order chi connectivity index (χ0) is 15.1. The van der Waals surface area contributed by atoms with E-state index in [1.165, 1.54) is 27.7 Å². The molecule has 3 N–H and O–H groups in total. The highest BCUT2D eigenvalue weighted by Crippen LogP contribution is 2.39. The number of benzene rings is 2. The minimum Gasteiger partial charge on any atom is -0.353 e. The molecule has 0 fully saturated rings. The number of aromatic nitrogens is 1. The molecule has 0 amide bonds. The third-order valence-electron chi connectivity index (χ3n) is 4.60. The molecule has 4 heteroatoms. The number of nitrogens with one attached hydrogen (secondary N) is 1. The van der Waals surface area contributed by atoms with Crippen LogP contribution in [0, 0.1) is 0 Å². The van der Waals surface area contributed by atoms with Crippen molar-refractivity contribution in [1.29, 1.82) is 0 Å². The summed E-state index contributed by atoms with van der Waals surface area (Å²) in [5.74, 6) is 0.897. The number of para-hydroxylation sites is 1. The van der Waals surface area contributed by atoms with E-state index in [1.54, 1.807) is 0 Å². The van der Waals surface area contributed by atoms with Crippen molar-refractivity contribution in [2.45, 2.75) is 12.0 Å². The Morgan fingerprint density at radius 1 is 1.09 bits per heavy atom. The van der Waals surface area contributed by atoms with Crippen molar-refractivity contribution >= 4 is 34.1 Å². The molecule has 2 nitrogen and oxygen atoms in total. The van der Waals surface area contributed by atoms with Gasteiger partial charge in [0.05, 0.1) is 24.0 Å². The molecule has 0 unspecified atom stereocenters. The van der Waals surface area contributed by atoms with Gasteiger partial charge in [-0.25, -0.2) is 0 Å². The first-order valence-electron chi connectivity index (χ1n) is 7.54. The Bertz CT molecular complexity index is 825. The molecule has 0 saturated heterocycles. The van der Waals surface area contributed by atoms with Gasteiger partial charge in [0.1, 0.15) is 6.04 Å². The van der Waals surface area contributed by atoms with E-state index in [2.05, 4.69) is 46.7 Å². The number of alkyl halides is 1. The van der Waals surface area contributed by atoms with Gasteiger partial charge in [-0.15, -0.1) is 11.6 Å². The van der Waals surface area contributed by atoms with Gasteiger partial charge in [0.15, 0.2) is 0 Å². The van der Waals surface area contributed by atoms with Crippen molar-refractivity contribution in [3.8, 4) is 0 Å². The van der Waals surface area contributed by atoms with Crippen molar-refractivity contribution in [2.75, 3.05) is 12.4 Å². The zero-order valence-corrected chi connectivity index (χ0v) is 13.5. The van der Waals surface area contributed by atoms with Crippen LogP contribution in [0.2, 0.25) is 5.02 Å². The third kappa shape index (κ3) is 2.14. The molecule has 1 aliphatic heterocycles. The summed E-state index contributed by atoms with van der Waals surface area (Å²) in [4.78, 5) is 3.58. The number of H-pyrrole nitrogens is 1. The van der Waals surface area contributed by atoms with Gasteiger partial charge in [-0.05, 0) is 17.7 Å². The van der Waals surface area contributed by atoms with Crippen LogP contribution < -0.4 is 5.32 Å². The Hall–Kier alpha value is -1.48. The fourth-order valence-electron chi connectivity index (χ4n) is 3.57. The van der Waals surface area contributed by atoms with Crippen LogP contribution in [-0.4, -0.2) is 17.4 Å². The minimum atomic E-state index is 0.280. The lowest BCUT2D eigenvalue weighted by atomic mass is 9.85. The summed E-state index contributed by atoms with van der Waals surface area (Å²) in [6.07, 6.45) is 0. The molecule has 22 heavy (non-hydrogen) atoms. The maximum absolute atomic E-state index is 6.46. The van der Waals surface area contributed by atoms with E-state index in [9.17, 15) is 0 Å². The second-order valence-corrected chi connectivity index (χ2v) is 6.52. The number of quaternary nitrogens is 1. The summed E-state index contributed by atoms with van der Waals surface area (Å²) in [6, 6.07) is 16.9. The van der Waals surface area contributed by atoms with E-state index < -0.39 is 0 Å². The predicted molar refractivity (Wildman–Crippen MR) is 91.8 cm³/mol. The van der Waals surface area contributed by atoms with Crippen LogP contribution >= 0.6 is 23.2 Å². The number of fused-ring (bicyclic) bond motifs is 3. The van der Waals surface area contributed by atoms with Gasteiger partial charge in [0, 0.05) is 21.5 Å². The first-order chi connectivity index (χ1) is 10.8. The van der Waals surface area contributed by atoms with Crippen molar-refractivity contribution in [2.24, 2.45) is 0 Å². The van der Waals surface area contributed by atoms with Crippen LogP contribution in [0.5, 0.6) is 0 Å². The molecule has 0 spiro atoms. The highest BCUT2D eigenvalue weighted by molar-refractivity contribution is 6.31. The summed E-state index contributed by atoms with van der Waals surface area (Å²) >= 11 is 12.6. The van der Waals surface area contributed by atoms with Gasteiger partial charge in [-0.2, -0.15) is 0 Å². The summed E-state index contributed by atoms with van der Waals surface area (Å²) in [7, 11) is 0. The summed E-state index contributed by atoms with van der Waals surface area (Å²) in [5, 5.41) is 4.44. The van der Waals surface area contributed by atoms with E-state index in [4.69, 9.17) is 23.2 Å². The minimum absolute atomic E-state index is 0.280. The van der Waals surface area contributed by atoms with Gasteiger partial charge in [-0.1, -0.05) is 48.0 Å². The second-order valence-electron chi connectivity index (χ2n) is 5.80. The van der Waals surface area contributed by atoms with Crippen LogP contribution in [-0.2, 0) is 0 Å². The fraction of sp³-hybridized carbons (Fsp3) is 0.222. The molecular formula is C18H17Cl2N2+. The third-order valence-corrected chi connectivity index (χ3v) is 5.28. The van der Waals surface area contributed by atoms with Gasteiger partial charge >= 0.3 is 0 Å². The molecule has 112 valence electrons. The van der Waals surface area contributed by atoms with Crippen LogP contribution in [0.4, 0.5) is 0 Å². The highest BCUT2D eigenvalue weighted by atomic mass is 35.5. The first-order valence-corrected chi connectivity index (χ1v) is 8.45. The van der Waals surface area contributed by atoms with E-state index in [1.807, 2.05) is 12.1 Å². The number of aromatic amines is 1. The number of rotatable bonds is 2. The van der Waals surface area contributed by atoms with Crippen molar-refractivity contribution < 1.29 is 5.32 Å². The molecule has 2 heterocycles. The average molecular weight is 332 g/mol. The molecule has 0 saturated carbocycles. The van der Waals surface area contributed by atoms with Crippen LogP contribution in [0.15, 0.2) is 48.5 Å². The lowest BCUT2D eigenvalue weighted by Gasteiger charge is -2.27. The van der Waals surface area contributed by atoms with Gasteiger partial charge in [0.2, 0.25) is 0 Å². The Morgan fingerprint density at radius 3 is 2.68 bits per heavy atom. The lowest BCUT2D eigenvalue weighted by molar-refractivity contribution is -0.697. The van der Waals surface area contributed by atoms with Crippen molar-refractivity contribution in [3.63, 3.8) is 0 Å². The Labute approximate surface area is 139 Å². The fourth-order valence-corrected chi connectivity index (χ4v) is 4.12. The molecule has 1 aromatic heterocycles. The monoisotopic (exact) mass is 331 g/mol. The smallest absolute Gasteiger partial charge is 0.140 e.